The summed E-state index contributed by atoms with van der Waals surface area (Å²) >= 11 is 0. The normalized spacial score (nSPS) is 24.9. The van der Waals surface area contributed by atoms with Crippen LogP contribution in [0.25, 0.3) is 0 Å². The summed E-state index contributed by atoms with van der Waals surface area (Å²) in [6.45, 7) is 7.07. The number of rotatable bonds is 3. The van der Waals surface area contributed by atoms with E-state index in [1.807, 2.05) is 0 Å². The molecule has 1 aromatic rings. The number of nitrogens with zero attached hydrogens (tertiary/aromatic N) is 2. The number of hydrogen-bond acceptors (Lipinski definition) is 3. The summed E-state index contributed by atoms with van der Waals surface area (Å²) < 4.78 is 0. The summed E-state index contributed by atoms with van der Waals surface area (Å²) in [6, 6.07) is 9.22. The van der Waals surface area contributed by atoms with Gasteiger partial charge in [-0.3, -0.25) is 0 Å². The van der Waals surface area contributed by atoms with Crippen molar-refractivity contribution in [2.24, 2.45) is 5.92 Å². The first kappa shape index (κ1) is 13.9. The zero-order valence-electron chi connectivity index (χ0n) is 12.6. The van der Waals surface area contributed by atoms with Gasteiger partial charge in [-0.25, -0.2) is 0 Å². The summed E-state index contributed by atoms with van der Waals surface area (Å²) in [5.41, 5.74) is 2.93. The van der Waals surface area contributed by atoms with E-state index in [-0.39, 0.29) is 0 Å². The number of piperazine rings is 1. The van der Waals surface area contributed by atoms with Gasteiger partial charge in [0.15, 0.2) is 0 Å². The van der Waals surface area contributed by atoms with Crippen LogP contribution >= 0.6 is 0 Å². The molecule has 110 valence electrons. The second-order valence-corrected chi connectivity index (χ2v) is 6.38. The lowest BCUT2D eigenvalue weighted by Gasteiger charge is -2.34. The molecule has 0 aliphatic carbocycles. The summed E-state index contributed by atoms with van der Waals surface area (Å²) in [5, 5.41) is 3.52. The highest BCUT2D eigenvalue weighted by Gasteiger charge is 2.16. The van der Waals surface area contributed by atoms with Gasteiger partial charge in [-0.05, 0) is 63.0 Å². The highest BCUT2D eigenvalue weighted by Crippen LogP contribution is 2.22. The molecular weight excluding hydrogens is 246 g/mol. The molecule has 0 amide bonds. The zero-order chi connectivity index (χ0) is 13.8. The van der Waals surface area contributed by atoms with Crippen LogP contribution < -0.4 is 10.2 Å². The van der Waals surface area contributed by atoms with Crippen molar-refractivity contribution in [2.45, 2.75) is 19.3 Å². The minimum atomic E-state index is 0.825. The Morgan fingerprint density at radius 3 is 2.80 bits per heavy atom. The van der Waals surface area contributed by atoms with Crippen LogP contribution in [0.1, 0.15) is 18.4 Å². The van der Waals surface area contributed by atoms with Gasteiger partial charge in [0.2, 0.25) is 0 Å². The first-order chi connectivity index (χ1) is 9.81. The van der Waals surface area contributed by atoms with Crippen LogP contribution in [0.2, 0.25) is 0 Å². The van der Waals surface area contributed by atoms with Gasteiger partial charge in [-0.15, -0.1) is 0 Å². The lowest BCUT2D eigenvalue weighted by Crippen LogP contribution is -2.44. The monoisotopic (exact) mass is 273 g/mol. The topological polar surface area (TPSA) is 18.5 Å². The van der Waals surface area contributed by atoms with E-state index < -0.39 is 0 Å². The fourth-order valence-electron chi connectivity index (χ4n) is 3.38. The predicted molar refractivity (Wildman–Crippen MR) is 85.4 cm³/mol. The zero-order valence-corrected chi connectivity index (χ0v) is 12.6. The van der Waals surface area contributed by atoms with Crippen molar-refractivity contribution >= 4 is 5.69 Å². The van der Waals surface area contributed by atoms with E-state index in [9.17, 15) is 0 Å². The van der Waals surface area contributed by atoms with E-state index in [4.69, 9.17) is 0 Å². The second kappa shape index (κ2) is 6.59. The molecule has 1 atom stereocenters. The number of hydrogen-bond donors (Lipinski definition) is 1. The molecule has 1 N–H and O–H groups in total. The molecule has 0 bridgehead atoms. The molecule has 1 aromatic carbocycles. The van der Waals surface area contributed by atoms with Crippen molar-refractivity contribution in [1.82, 2.24) is 10.2 Å². The molecule has 0 aromatic heterocycles. The summed E-state index contributed by atoms with van der Waals surface area (Å²) in [7, 11) is 2.21. The Hall–Kier alpha value is -1.06. The Balaban J connectivity index is 1.63. The van der Waals surface area contributed by atoms with Gasteiger partial charge in [0.05, 0.1) is 0 Å². The van der Waals surface area contributed by atoms with Crippen LogP contribution in [0.4, 0.5) is 5.69 Å². The Labute approximate surface area is 123 Å². The first-order valence-electron chi connectivity index (χ1n) is 8.04. The lowest BCUT2D eigenvalue weighted by atomic mass is 9.92. The first-order valence-corrected chi connectivity index (χ1v) is 8.04. The number of nitrogens with one attached hydrogen (secondary N) is 1. The summed E-state index contributed by atoms with van der Waals surface area (Å²) in [4.78, 5) is 4.94. The molecular formula is C17H27N3. The minimum absolute atomic E-state index is 0.825. The van der Waals surface area contributed by atoms with Gasteiger partial charge >= 0.3 is 0 Å². The van der Waals surface area contributed by atoms with E-state index in [2.05, 4.69) is 46.4 Å². The Bertz CT molecular complexity index is 418. The maximum absolute atomic E-state index is 3.52. The maximum Gasteiger partial charge on any atom is 0.0369 e. The van der Waals surface area contributed by atoms with Gasteiger partial charge in [-0.1, -0.05) is 12.1 Å². The molecule has 3 heteroatoms. The molecule has 0 saturated carbocycles. The Morgan fingerprint density at radius 2 is 2.05 bits per heavy atom. The molecule has 3 nitrogen and oxygen atoms in total. The smallest absolute Gasteiger partial charge is 0.0369 e. The van der Waals surface area contributed by atoms with E-state index in [0.29, 0.717) is 0 Å². The molecule has 2 aliphatic heterocycles. The molecule has 20 heavy (non-hydrogen) atoms. The fourth-order valence-corrected chi connectivity index (χ4v) is 3.38. The van der Waals surface area contributed by atoms with Gasteiger partial charge in [0, 0.05) is 31.9 Å². The maximum atomic E-state index is 3.52. The molecule has 0 spiro atoms. The van der Waals surface area contributed by atoms with Crippen LogP contribution in [-0.2, 0) is 6.42 Å². The second-order valence-electron chi connectivity index (χ2n) is 6.38. The van der Waals surface area contributed by atoms with Crippen molar-refractivity contribution in [3.8, 4) is 0 Å². The SMILES string of the molecule is CN1CCN(c2cccc(CC3CCCNC3)c2)CC1. The van der Waals surface area contributed by atoms with E-state index in [1.54, 1.807) is 0 Å². The van der Waals surface area contributed by atoms with Crippen LogP contribution in [0, 0.1) is 5.92 Å². The van der Waals surface area contributed by atoms with E-state index in [0.717, 1.165) is 19.0 Å². The number of likely N-dealkylation sites (N-methyl/N-ethyl adjacent to an activating group) is 1. The van der Waals surface area contributed by atoms with E-state index >= 15 is 0 Å². The summed E-state index contributed by atoms with van der Waals surface area (Å²) in [6.07, 6.45) is 3.95. The molecule has 3 rings (SSSR count). The molecule has 2 heterocycles. The van der Waals surface area contributed by atoms with Crippen molar-refractivity contribution < 1.29 is 0 Å². The third-order valence-corrected chi connectivity index (χ3v) is 4.70. The highest BCUT2D eigenvalue weighted by atomic mass is 15.2. The summed E-state index contributed by atoms with van der Waals surface area (Å²) in [5.74, 6) is 0.825. The minimum Gasteiger partial charge on any atom is -0.369 e. The molecule has 1 unspecified atom stereocenters. The predicted octanol–water partition coefficient (Wildman–Crippen LogP) is 1.98. The van der Waals surface area contributed by atoms with Gasteiger partial charge in [-0.2, -0.15) is 0 Å². The largest absolute Gasteiger partial charge is 0.369 e. The van der Waals surface area contributed by atoms with Crippen molar-refractivity contribution in [2.75, 3.05) is 51.2 Å². The van der Waals surface area contributed by atoms with Crippen LogP contribution in [-0.4, -0.2) is 51.2 Å². The number of piperidine rings is 1. The third-order valence-electron chi connectivity index (χ3n) is 4.70. The van der Waals surface area contributed by atoms with Crippen molar-refractivity contribution in [3.63, 3.8) is 0 Å². The molecule has 2 saturated heterocycles. The Morgan fingerprint density at radius 1 is 1.20 bits per heavy atom. The van der Waals surface area contributed by atoms with Crippen molar-refractivity contribution in [3.05, 3.63) is 29.8 Å². The standard InChI is InChI=1S/C17H27N3/c1-19-8-10-20(11-9-19)17-6-2-4-15(13-17)12-16-5-3-7-18-14-16/h2,4,6,13,16,18H,3,5,7-12,14H2,1H3. The average Bonchev–Trinajstić information content (AvgIpc) is 2.49. The molecule has 2 fully saturated rings. The van der Waals surface area contributed by atoms with Crippen LogP contribution in [0.5, 0.6) is 0 Å². The Kier molecular flexibility index (Phi) is 4.58. The number of anilines is 1. The van der Waals surface area contributed by atoms with Crippen LogP contribution in [0.15, 0.2) is 24.3 Å². The van der Waals surface area contributed by atoms with Gasteiger partial charge < -0.3 is 15.1 Å². The quantitative estimate of drug-likeness (QED) is 0.908. The molecule has 2 aliphatic rings. The van der Waals surface area contributed by atoms with Crippen LogP contribution in [0.3, 0.4) is 0 Å². The average molecular weight is 273 g/mol. The molecule has 0 radical (unpaired) electrons. The van der Waals surface area contributed by atoms with Gasteiger partial charge in [0.25, 0.3) is 0 Å². The van der Waals surface area contributed by atoms with Gasteiger partial charge in [0.1, 0.15) is 0 Å². The van der Waals surface area contributed by atoms with E-state index in [1.165, 1.54) is 56.7 Å². The lowest BCUT2D eigenvalue weighted by molar-refractivity contribution is 0.313. The third kappa shape index (κ3) is 3.53. The highest BCUT2D eigenvalue weighted by molar-refractivity contribution is 5.49. The number of benzene rings is 1. The van der Waals surface area contributed by atoms with Crippen molar-refractivity contribution in [1.29, 1.82) is 0 Å². The fraction of sp³-hybridized carbons (Fsp3) is 0.647.